The number of nitrogens with one attached hydrogen (secondary N) is 2. The number of rotatable bonds is 14. The van der Waals surface area contributed by atoms with Gasteiger partial charge >= 0.3 is 5.97 Å². The van der Waals surface area contributed by atoms with E-state index >= 15 is 0 Å². The summed E-state index contributed by atoms with van der Waals surface area (Å²) in [6.07, 6.45) is 3.58. The summed E-state index contributed by atoms with van der Waals surface area (Å²) in [6.45, 7) is 5.97. The van der Waals surface area contributed by atoms with Crippen LogP contribution in [0.1, 0.15) is 11.1 Å². The van der Waals surface area contributed by atoms with Crippen molar-refractivity contribution in [1.82, 2.24) is 30.1 Å². The molecule has 0 bridgehead atoms. The number of piperazine rings is 1. The largest absolute Gasteiger partial charge is 0.489 e. The summed E-state index contributed by atoms with van der Waals surface area (Å²) >= 11 is 0. The first-order valence-corrected chi connectivity index (χ1v) is 14.9. The van der Waals surface area contributed by atoms with Gasteiger partial charge in [0.25, 0.3) is 0 Å². The second-order valence-electron chi connectivity index (χ2n) is 10.9. The van der Waals surface area contributed by atoms with Crippen LogP contribution in [0.5, 0.6) is 5.75 Å². The molecule has 0 amide bonds. The highest BCUT2D eigenvalue weighted by molar-refractivity contribution is 5.69. The number of hydrogen-bond donors (Lipinski definition) is 3. The molecule has 4 aromatic rings. The van der Waals surface area contributed by atoms with Crippen molar-refractivity contribution in [2.45, 2.75) is 13.2 Å². The Morgan fingerprint density at radius 2 is 1.80 bits per heavy atom. The number of carbonyl (C=O) groups is 1. The van der Waals surface area contributed by atoms with Crippen LogP contribution in [0.15, 0.2) is 79.1 Å². The van der Waals surface area contributed by atoms with Crippen LogP contribution in [0.4, 0.5) is 17.5 Å². The normalized spacial score (nSPS) is 13.9. The number of likely N-dealkylation sites (N-methyl/N-ethyl adjacent to an activating group) is 2. The van der Waals surface area contributed by atoms with E-state index in [4.69, 9.17) is 14.8 Å². The van der Waals surface area contributed by atoms with Crippen LogP contribution in [-0.4, -0.2) is 95.7 Å². The van der Waals surface area contributed by atoms with E-state index < -0.39 is 5.97 Å². The average Bonchev–Trinajstić information content (AvgIpc) is 3.04. The van der Waals surface area contributed by atoms with Gasteiger partial charge in [-0.2, -0.15) is 0 Å². The molecular formula is C33H40N8O3. The maximum Gasteiger partial charge on any atom is 0.317 e. The van der Waals surface area contributed by atoms with Gasteiger partial charge < -0.3 is 25.4 Å². The molecule has 3 heterocycles. The molecule has 1 aliphatic heterocycles. The van der Waals surface area contributed by atoms with E-state index in [1.807, 2.05) is 85.9 Å². The smallest absolute Gasteiger partial charge is 0.317 e. The molecule has 230 valence electrons. The van der Waals surface area contributed by atoms with Crippen LogP contribution in [-0.2, 0) is 17.9 Å². The zero-order chi connectivity index (χ0) is 30.7. The molecule has 0 saturated carbocycles. The summed E-state index contributed by atoms with van der Waals surface area (Å²) in [7, 11) is 3.96. The Morgan fingerprint density at radius 1 is 1.00 bits per heavy atom. The minimum Gasteiger partial charge on any atom is -0.489 e. The Kier molecular flexibility index (Phi) is 10.7. The molecular weight excluding hydrogens is 556 g/mol. The third kappa shape index (κ3) is 8.73. The lowest BCUT2D eigenvalue weighted by molar-refractivity contribution is -0.138. The average molecular weight is 597 g/mol. The van der Waals surface area contributed by atoms with Crippen molar-refractivity contribution in [1.29, 1.82) is 0 Å². The van der Waals surface area contributed by atoms with Crippen molar-refractivity contribution in [2.24, 2.45) is 0 Å². The number of ether oxygens (including phenoxy) is 1. The van der Waals surface area contributed by atoms with Crippen molar-refractivity contribution >= 4 is 23.4 Å². The first-order chi connectivity index (χ1) is 21.5. The van der Waals surface area contributed by atoms with Crippen LogP contribution in [0, 0.1) is 0 Å². The topological polar surface area (TPSA) is 119 Å². The number of carboxylic acid groups (broad SMARTS) is 1. The van der Waals surface area contributed by atoms with Crippen molar-refractivity contribution in [2.75, 3.05) is 70.1 Å². The number of benzene rings is 2. The molecule has 44 heavy (non-hydrogen) atoms. The number of nitrogens with zero attached hydrogens (tertiary/aromatic N) is 6. The maximum atomic E-state index is 11.1. The van der Waals surface area contributed by atoms with Crippen molar-refractivity contribution in [3.8, 4) is 17.0 Å². The molecule has 2 aromatic carbocycles. The lowest BCUT2D eigenvalue weighted by Gasteiger charge is -2.34. The van der Waals surface area contributed by atoms with Gasteiger partial charge in [0.1, 0.15) is 18.2 Å². The van der Waals surface area contributed by atoms with Crippen molar-refractivity contribution in [3.05, 3.63) is 90.3 Å². The molecule has 0 aliphatic carbocycles. The summed E-state index contributed by atoms with van der Waals surface area (Å²) < 4.78 is 6.28. The van der Waals surface area contributed by atoms with Crippen LogP contribution < -0.4 is 20.3 Å². The predicted molar refractivity (Wildman–Crippen MR) is 172 cm³/mol. The first kappa shape index (κ1) is 30.9. The second kappa shape index (κ2) is 15.2. The number of carboxylic acids is 1. The van der Waals surface area contributed by atoms with Gasteiger partial charge in [0.05, 0.1) is 12.2 Å². The Labute approximate surface area is 258 Å². The van der Waals surface area contributed by atoms with Gasteiger partial charge in [-0.1, -0.05) is 30.3 Å². The third-order valence-electron chi connectivity index (χ3n) is 7.56. The van der Waals surface area contributed by atoms with Gasteiger partial charge in [0.2, 0.25) is 5.95 Å². The van der Waals surface area contributed by atoms with Crippen LogP contribution in [0.3, 0.4) is 0 Å². The molecule has 5 rings (SSSR count). The number of hydrogen-bond acceptors (Lipinski definition) is 10. The first-order valence-electron chi connectivity index (χ1n) is 14.9. The zero-order valence-corrected chi connectivity index (χ0v) is 25.3. The molecule has 2 aromatic heterocycles. The Bertz CT molecular complexity index is 1490. The number of aromatic nitrogens is 3. The van der Waals surface area contributed by atoms with Crippen molar-refractivity contribution in [3.63, 3.8) is 0 Å². The quantitative estimate of drug-likeness (QED) is 0.198. The minimum atomic E-state index is -0.791. The van der Waals surface area contributed by atoms with E-state index in [-0.39, 0.29) is 6.54 Å². The molecule has 0 spiro atoms. The van der Waals surface area contributed by atoms with E-state index in [1.165, 1.54) is 0 Å². The summed E-state index contributed by atoms with van der Waals surface area (Å²) in [5, 5.41) is 15.7. The molecule has 0 unspecified atom stereocenters. The molecule has 1 saturated heterocycles. The van der Waals surface area contributed by atoms with E-state index in [0.29, 0.717) is 32.2 Å². The van der Waals surface area contributed by atoms with Gasteiger partial charge in [-0.25, -0.2) is 15.0 Å². The highest BCUT2D eigenvalue weighted by Crippen LogP contribution is 2.28. The second-order valence-corrected chi connectivity index (χ2v) is 10.9. The fourth-order valence-corrected chi connectivity index (χ4v) is 5.06. The lowest BCUT2D eigenvalue weighted by atomic mass is 10.1. The molecule has 1 fully saturated rings. The van der Waals surface area contributed by atoms with Crippen molar-refractivity contribution < 1.29 is 14.6 Å². The molecule has 3 N–H and O–H groups in total. The van der Waals surface area contributed by atoms with Crippen LogP contribution in [0.2, 0.25) is 0 Å². The third-order valence-corrected chi connectivity index (χ3v) is 7.56. The lowest BCUT2D eigenvalue weighted by Crippen LogP contribution is -2.47. The molecule has 11 nitrogen and oxygen atoms in total. The SMILES string of the molecule is CNCCN(C)c1ccc(-c2ccnc(Nc3ccc(OCc4ccccc4)c(CN4CCN(CC(=O)O)CC4)c3)n2)cn1. The van der Waals surface area contributed by atoms with E-state index in [9.17, 15) is 4.79 Å². The number of pyridine rings is 1. The van der Waals surface area contributed by atoms with Gasteiger partial charge in [0.15, 0.2) is 0 Å². The van der Waals surface area contributed by atoms with E-state index in [2.05, 4.69) is 36.5 Å². The molecule has 0 atom stereocenters. The highest BCUT2D eigenvalue weighted by atomic mass is 16.5. The summed E-state index contributed by atoms with van der Waals surface area (Å²) in [5.41, 5.74) is 4.68. The number of anilines is 3. The molecule has 0 radical (unpaired) electrons. The maximum absolute atomic E-state index is 11.1. The Balaban J connectivity index is 1.30. The van der Waals surface area contributed by atoms with Gasteiger partial charge in [0, 0.05) is 82.1 Å². The zero-order valence-electron chi connectivity index (χ0n) is 25.3. The Morgan fingerprint density at radius 3 is 2.52 bits per heavy atom. The minimum absolute atomic E-state index is 0.0751. The monoisotopic (exact) mass is 596 g/mol. The van der Waals surface area contributed by atoms with Crippen LogP contribution >= 0.6 is 0 Å². The van der Waals surface area contributed by atoms with E-state index in [0.717, 1.165) is 65.8 Å². The fraction of sp³-hybridized carbons (Fsp3) is 0.333. The van der Waals surface area contributed by atoms with Gasteiger partial charge in [-0.05, 0) is 49.0 Å². The molecule has 11 heteroatoms. The predicted octanol–water partition coefficient (Wildman–Crippen LogP) is 3.72. The fourth-order valence-electron chi connectivity index (χ4n) is 5.06. The number of aliphatic carboxylic acids is 1. The Hall–Kier alpha value is -4.58. The highest BCUT2D eigenvalue weighted by Gasteiger charge is 2.20. The van der Waals surface area contributed by atoms with Crippen LogP contribution in [0.25, 0.3) is 11.3 Å². The summed E-state index contributed by atoms with van der Waals surface area (Å²) in [4.78, 5) is 31.4. The summed E-state index contributed by atoms with van der Waals surface area (Å²) in [6, 6.07) is 22.0. The summed E-state index contributed by atoms with van der Waals surface area (Å²) in [5.74, 6) is 1.42. The van der Waals surface area contributed by atoms with Gasteiger partial charge in [-0.3, -0.25) is 14.6 Å². The molecule has 1 aliphatic rings. The van der Waals surface area contributed by atoms with E-state index in [1.54, 1.807) is 6.20 Å². The van der Waals surface area contributed by atoms with Gasteiger partial charge in [-0.15, -0.1) is 0 Å². The standard InChI is InChI=1S/C33H40N8O3/c1-34-14-15-39(2)31-11-8-26(21-36-31)29-12-13-35-33(38-29)37-28-9-10-30(44-24-25-6-4-3-5-7-25)27(20-28)22-40-16-18-41(19-17-40)23-32(42)43/h3-13,20-21,34H,14-19,22-24H2,1-2H3,(H,42,43)(H,35,37,38).